The lowest BCUT2D eigenvalue weighted by molar-refractivity contribution is 0.0658. The van der Waals surface area contributed by atoms with E-state index in [-0.39, 0.29) is 11.8 Å². The van der Waals surface area contributed by atoms with Crippen LogP contribution in [-0.2, 0) is 6.42 Å². The van der Waals surface area contributed by atoms with Crippen molar-refractivity contribution in [2.45, 2.75) is 6.42 Å². The van der Waals surface area contributed by atoms with Crippen molar-refractivity contribution in [3.63, 3.8) is 0 Å². The van der Waals surface area contributed by atoms with Crippen LogP contribution in [0.15, 0.2) is 42.9 Å². The van der Waals surface area contributed by atoms with Gasteiger partial charge in [0.25, 0.3) is 11.8 Å². The third-order valence-electron chi connectivity index (χ3n) is 4.85. The summed E-state index contributed by atoms with van der Waals surface area (Å²) in [5.74, 6) is -0.226. The molecule has 0 saturated carbocycles. The number of piperazine rings is 1. The highest BCUT2D eigenvalue weighted by atomic mass is 16.2. The number of hydrogen-bond donors (Lipinski definition) is 0. The predicted molar refractivity (Wildman–Crippen MR) is 103 cm³/mol. The molecular formula is C20H25N5O2. The molecule has 2 aromatic heterocycles. The first-order valence-corrected chi connectivity index (χ1v) is 9.13. The van der Waals surface area contributed by atoms with E-state index in [9.17, 15) is 9.59 Å². The van der Waals surface area contributed by atoms with Gasteiger partial charge in [-0.05, 0) is 43.3 Å². The number of nitrogens with zero attached hydrogens (tertiary/aromatic N) is 5. The molecule has 3 heterocycles. The molecule has 0 aromatic carbocycles. The fourth-order valence-corrected chi connectivity index (χ4v) is 3.02. The number of amides is 2. The highest BCUT2D eigenvalue weighted by molar-refractivity contribution is 5.98. The minimum atomic E-state index is -0.114. The van der Waals surface area contributed by atoms with Gasteiger partial charge in [-0.15, -0.1) is 0 Å². The van der Waals surface area contributed by atoms with Crippen molar-refractivity contribution in [2.24, 2.45) is 0 Å². The monoisotopic (exact) mass is 367 g/mol. The van der Waals surface area contributed by atoms with Crippen LogP contribution in [0.3, 0.4) is 0 Å². The van der Waals surface area contributed by atoms with E-state index in [0.29, 0.717) is 30.9 Å². The quantitative estimate of drug-likeness (QED) is 0.794. The number of hydrogen-bond acceptors (Lipinski definition) is 5. The van der Waals surface area contributed by atoms with Crippen LogP contribution in [0.4, 0.5) is 0 Å². The summed E-state index contributed by atoms with van der Waals surface area (Å²) in [6, 6.07) is 7.15. The lowest BCUT2D eigenvalue weighted by atomic mass is 10.1. The van der Waals surface area contributed by atoms with Gasteiger partial charge in [-0.3, -0.25) is 19.6 Å². The molecule has 0 unspecified atom stereocenters. The number of rotatable bonds is 5. The van der Waals surface area contributed by atoms with E-state index >= 15 is 0 Å². The largest absolute Gasteiger partial charge is 0.341 e. The van der Waals surface area contributed by atoms with Crippen molar-refractivity contribution in [1.29, 1.82) is 0 Å². The van der Waals surface area contributed by atoms with Gasteiger partial charge >= 0.3 is 0 Å². The third kappa shape index (κ3) is 4.89. The first-order chi connectivity index (χ1) is 13.0. The molecule has 1 aliphatic heterocycles. The Hall–Kier alpha value is -2.80. The molecule has 0 N–H and O–H groups in total. The molecule has 0 aliphatic carbocycles. The van der Waals surface area contributed by atoms with E-state index in [0.717, 1.165) is 25.1 Å². The van der Waals surface area contributed by atoms with Crippen LogP contribution in [0.2, 0.25) is 0 Å². The van der Waals surface area contributed by atoms with Crippen LogP contribution in [0.5, 0.6) is 0 Å². The van der Waals surface area contributed by atoms with Crippen molar-refractivity contribution in [3.8, 4) is 0 Å². The van der Waals surface area contributed by atoms with Crippen molar-refractivity contribution < 1.29 is 9.59 Å². The number of carbonyl (C=O) groups excluding carboxylic acids is 2. The Morgan fingerprint density at radius 2 is 1.78 bits per heavy atom. The zero-order valence-electron chi connectivity index (χ0n) is 15.8. The van der Waals surface area contributed by atoms with Gasteiger partial charge in [0.1, 0.15) is 5.69 Å². The molecule has 0 spiro atoms. The molecule has 2 aromatic rings. The summed E-state index contributed by atoms with van der Waals surface area (Å²) in [4.78, 5) is 39.2. The first-order valence-electron chi connectivity index (χ1n) is 9.13. The molecule has 0 bridgehead atoms. The van der Waals surface area contributed by atoms with Gasteiger partial charge in [0.05, 0.1) is 0 Å². The van der Waals surface area contributed by atoms with Gasteiger partial charge in [-0.1, -0.05) is 0 Å². The summed E-state index contributed by atoms with van der Waals surface area (Å²) in [5.41, 5.74) is 1.94. The highest BCUT2D eigenvalue weighted by Gasteiger charge is 2.22. The van der Waals surface area contributed by atoms with Crippen molar-refractivity contribution >= 4 is 11.8 Å². The number of carbonyl (C=O) groups is 2. The second-order valence-electron chi connectivity index (χ2n) is 6.86. The normalized spacial score (nSPS) is 14.8. The topological polar surface area (TPSA) is 69.6 Å². The maximum Gasteiger partial charge on any atom is 0.272 e. The Morgan fingerprint density at radius 1 is 1.07 bits per heavy atom. The van der Waals surface area contributed by atoms with E-state index in [2.05, 4.69) is 14.9 Å². The molecular weight excluding hydrogens is 342 g/mol. The summed E-state index contributed by atoms with van der Waals surface area (Å²) >= 11 is 0. The van der Waals surface area contributed by atoms with Crippen LogP contribution in [0.1, 0.15) is 26.4 Å². The van der Waals surface area contributed by atoms with Gasteiger partial charge in [-0.25, -0.2) is 0 Å². The fourth-order valence-electron chi connectivity index (χ4n) is 3.02. The Balaban J connectivity index is 1.63. The molecule has 3 rings (SSSR count). The van der Waals surface area contributed by atoms with Crippen LogP contribution < -0.4 is 0 Å². The van der Waals surface area contributed by atoms with Crippen molar-refractivity contribution in [1.82, 2.24) is 24.7 Å². The smallest absolute Gasteiger partial charge is 0.272 e. The minimum Gasteiger partial charge on any atom is -0.341 e. The van der Waals surface area contributed by atoms with E-state index in [1.165, 1.54) is 6.20 Å². The number of aromatic nitrogens is 2. The molecule has 7 heteroatoms. The zero-order valence-corrected chi connectivity index (χ0v) is 15.8. The second kappa shape index (κ2) is 8.73. The van der Waals surface area contributed by atoms with E-state index in [4.69, 9.17) is 0 Å². The second-order valence-corrected chi connectivity index (χ2v) is 6.86. The Labute approximate surface area is 159 Å². The fraction of sp³-hybridized carbons (Fsp3) is 0.400. The molecule has 142 valence electrons. The molecule has 7 nitrogen and oxygen atoms in total. The van der Waals surface area contributed by atoms with Crippen LogP contribution >= 0.6 is 0 Å². The van der Waals surface area contributed by atoms with Crippen molar-refractivity contribution in [3.05, 3.63) is 59.7 Å². The summed E-state index contributed by atoms with van der Waals surface area (Å²) in [6.07, 6.45) is 5.78. The maximum absolute atomic E-state index is 12.7. The minimum absolute atomic E-state index is 0.112. The Kier molecular flexibility index (Phi) is 6.13. The number of pyridine rings is 2. The van der Waals surface area contributed by atoms with Gasteiger partial charge < -0.3 is 14.7 Å². The van der Waals surface area contributed by atoms with Crippen LogP contribution in [-0.4, -0.2) is 83.3 Å². The SMILES string of the molecule is CN1CCN(C(=O)c2cc(C(=O)N(C)CCc3ccncc3)ccn2)CC1. The third-order valence-corrected chi connectivity index (χ3v) is 4.85. The molecule has 0 atom stereocenters. The summed E-state index contributed by atoms with van der Waals surface area (Å²) < 4.78 is 0. The van der Waals surface area contributed by atoms with E-state index in [1.54, 1.807) is 41.4 Å². The standard InChI is InChI=1S/C20H25N5O2/c1-23-11-13-25(14-12-23)20(27)18-15-17(5-9-22-18)19(26)24(2)10-6-16-3-7-21-8-4-16/h3-5,7-9,15H,6,10-14H2,1-2H3. The van der Waals surface area contributed by atoms with E-state index < -0.39 is 0 Å². The zero-order chi connectivity index (χ0) is 19.2. The molecule has 2 amide bonds. The van der Waals surface area contributed by atoms with Gasteiger partial charge in [0.15, 0.2) is 0 Å². The first kappa shape index (κ1) is 19.0. The summed E-state index contributed by atoms with van der Waals surface area (Å²) in [5, 5.41) is 0. The molecule has 1 aliphatic rings. The summed E-state index contributed by atoms with van der Waals surface area (Å²) in [6.45, 7) is 3.65. The van der Waals surface area contributed by atoms with Crippen LogP contribution in [0, 0.1) is 0 Å². The molecule has 0 radical (unpaired) electrons. The predicted octanol–water partition coefficient (Wildman–Crippen LogP) is 1.18. The van der Waals surface area contributed by atoms with E-state index in [1.807, 2.05) is 19.2 Å². The average molecular weight is 367 g/mol. The Bertz CT molecular complexity index is 788. The Morgan fingerprint density at radius 3 is 2.48 bits per heavy atom. The van der Waals surface area contributed by atoms with Gasteiger partial charge in [0.2, 0.25) is 0 Å². The lowest BCUT2D eigenvalue weighted by Gasteiger charge is -2.32. The van der Waals surface area contributed by atoms with Crippen molar-refractivity contribution in [2.75, 3.05) is 46.8 Å². The van der Waals surface area contributed by atoms with Gasteiger partial charge in [-0.2, -0.15) is 0 Å². The molecule has 1 fully saturated rings. The average Bonchev–Trinajstić information content (AvgIpc) is 2.72. The van der Waals surface area contributed by atoms with Gasteiger partial charge in [0, 0.05) is 63.9 Å². The highest BCUT2D eigenvalue weighted by Crippen LogP contribution is 2.10. The lowest BCUT2D eigenvalue weighted by Crippen LogP contribution is -2.47. The maximum atomic E-state index is 12.7. The summed E-state index contributed by atoms with van der Waals surface area (Å²) in [7, 11) is 3.81. The van der Waals surface area contributed by atoms with Crippen LogP contribution in [0.25, 0.3) is 0 Å². The molecule has 1 saturated heterocycles. The molecule has 27 heavy (non-hydrogen) atoms. The number of likely N-dealkylation sites (N-methyl/N-ethyl adjacent to an activating group) is 2.